The standard InChI is InChI=1S/C14H14N2O3/c17-12-5-1-4-11(7-12)13(14(18)19)16-9-10-3-2-6-15-8-10/h1-8,13,16-17H,9H2,(H,18,19). The lowest BCUT2D eigenvalue weighted by atomic mass is 10.1. The van der Waals surface area contributed by atoms with Crippen LogP contribution in [0, 0.1) is 0 Å². The molecule has 1 atom stereocenters. The summed E-state index contributed by atoms with van der Waals surface area (Å²) < 4.78 is 0. The van der Waals surface area contributed by atoms with Crippen LogP contribution in [-0.2, 0) is 11.3 Å². The van der Waals surface area contributed by atoms with Crippen LogP contribution in [0.3, 0.4) is 0 Å². The second kappa shape index (κ2) is 5.97. The fourth-order valence-corrected chi connectivity index (χ4v) is 1.77. The number of pyridine rings is 1. The van der Waals surface area contributed by atoms with E-state index in [1.54, 1.807) is 30.6 Å². The highest BCUT2D eigenvalue weighted by Gasteiger charge is 2.19. The van der Waals surface area contributed by atoms with E-state index in [9.17, 15) is 15.0 Å². The first-order valence-corrected chi connectivity index (χ1v) is 5.81. The van der Waals surface area contributed by atoms with Gasteiger partial charge in [-0.1, -0.05) is 18.2 Å². The molecule has 0 radical (unpaired) electrons. The van der Waals surface area contributed by atoms with Crippen LogP contribution < -0.4 is 5.32 Å². The first-order valence-electron chi connectivity index (χ1n) is 5.81. The Morgan fingerprint density at radius 3 is 2.79 bits per heavy atom. The first-order chi connectivity index (χ1) is 9.16. The summed E-state index contributed by atoms with van der Waals surface area (Å²) >= 11 is 0. The van der Waals surface area contributed by atoms with Gasteiger partial charge in [-0.15, -0.1) is 0 Å². The highest BCUT2D eigenvalue weighted by atomic mass is 16.4. The number of aromatic nitrogens is 1. The van der Waals surface area contributed by atoms with Crippen molar-refractivity contribution >= 4 is 5.97 Å². The molecule has 5 heteroatoms. The van der Waals surface area contributed by atoms with E-state index < -0.39 is 12.0 Å². The number of nitrogens with one attached hydrogen (secondary N) is 1. The molecule has 0 saturated heterocycles. The van der Waals surface area contributed by atoms with Crippen molar-refractivity contribution in [1.82, 2.24) is 10.3 Å². The predicted molar refractivity (Wildman–Crippen MR) is 69.6 cm³/mol. The molecule has 5 nitrogen and oxygen atoms in total. The molecule has 1 unspecified atom stereocenters. The maximum atomic E-state index is 11.3. The zero-order valence-electron chi connectivity index (χ0n) is 10.2. The number of hydrogen-bond donors (Lipinski definition) is 3. The number of phenolic OH excluding ortho intramolecular Hbond substituents is 1. The van der Waals surface area contributed by atoms with E-state index in [1.807, 2.05) is 6.07 Å². The molecule has 1 aromatic heterocycles. The molecule has 2 aromatic rings. The summed E-state index contributed by atoms with van der Waals surface area (Å²) in [7, 11) is 0. The van der Waals surface area contributed by atoms with E-state index in [0.29, 0.717) is 12.1 Å². The average molecular weight is 258 g/mol. The lowest BCUT2D eigenvalue weighted by Crippen LogP contribution is -2.28. The normalized spacial score (nSPS) is 12.0. The molecule has 19 heavy (non-hydrogen) atoms. The number of aliphatic carboxylic acids is 1. The van der Waals surface area contributed by atoms with Gasteiger partial charge in [0.05, 0.1) is 0 Å². The number of carboxylic acid groups (broad SMARTS) is 1. The van der Waals surface area contributed by atoms with Gasteiger partial charge in [0, 0.05) is 18.9 Å². The summed E-state index contributed by atoms with van der Waals surface area (Å²) in [6.07, 6.45) is 3.34. The van der Waals surface area contributed by atoms with Crippen LogP contribution in [0.4, 0.5) is 0 Å². The molecular weight excluding hydrogens is 244 g/mol. The third kappa shape index (κ3) is 3.53. The number of aromatic hydroxyl groups is 1. The fourth-order valence-electron chi connectivity index (χ4n) is 1.77. The number of carboxylic acids is 1. The predicted octanol–water partition coefficient (Wildman–Crippen LogP) is 1.70. The summed E-state index contributed by atoms with van der Waals surface area (Å²) in [5.41, 5.74) is 1.41. The average Bonchev–Trinajstić information content (AvgIpc) is 2.40. The third-order valence-electron chi connectivity index (χ3n) is 2.68. The monoisotopic (exact) mass is 258 g/mol. The van der Waals surface area contributed by atoms with Crippen LogP contribution in [0.2, 0.25) is 0 Å². The molecule has 1 heterocycles. The molecular formula is C14H14N2O3. The summed E-state index contributed by atoms with van der Waals surface area (Å²) in [6, 6.07) is 9.01. The summed E-state index contributed by atoms with van der Waals surface area (Å²) in [5.74, 6) is -0.943. The molecule has 0 amide bonds. The van der Waals surface area contributed by atoms with Crippen molar-refractivity contribution in [2.45, 2.75) is 12.6 Å². The Labute approximate surface area is 110 Å². The van der Waals surface area contributed by atoms with Gasteiger partial charge in [0.15, 0.2) is 0 Å². The van der Waals surface area contributed by atoms with Gasteiger partial charge in [-0.05, 0) is 29.3 Å². The van der Waals surface area contributed by atoms with Crippen molar-refractivity contribution in [3.8, 4) is 5.75 Å². The largest absolute Gasteiger partial charge is 0.508 e. The van der Waals surface area contributed by atoms with Gasteiger partial charge in [0.2, 0.25) is 0 Å². The minimum Gasteiger partial charge on any atom is -0.508 e. The Kier molecular flexibility index (Phi) is 4.10. The summed E-state index contributed by atoms with van der Waals surface area (Å²) in [6.45, 7) is 0.389. The van der Waals surface area contributed by atoms with Crippen LogP contribution in [0.1, 0.15) is 17.2 Å². The zero-order valence-corrected chi connectivity index (χ0v) is 10.2. The van der Waals surface area contributed by atoms with Gasteiger partial charge < -0.3 is 10.2 Å². The summed E-state index contributed by atoms with van der Waals surface area (Å²) in [5, 5.41) is 21.6. The second-order valence-corrected chi connectivity index (χ2v) is 4.11. The molecule has 0 fully saturated rings. The second-order valence-electron chi connectivity index (χ2n) is 4.11. The highest BCUT2D eigenvalue weighted by Crippen LogP contribution is 2.19. The Balaban J connectivity index is 2.11. The van der Waals surface area contributed by atoms with Crippen molar-refractivity contribution in [2.75, 3.05) is 0 Å². The molecule has 98 valence electrons. The van der Waals surface area contributed by atoms with Crippen molar-refractivity contribution in [2.24, 2.45) is 0 Å². The van der Waals surface area contributed by atoms with Gasteiger partial charge in [-0.25, -0.2) is 0 Å². The zero-order chi connectivity index (χ0) is 13.7. The molecule has 0 spiro atoms. The Hall–Kier alpha value is -2.40. The quantitative estimate of drug-likeness (QED) is 0.760. The molecule has 0 bridgehead atoms. The molecule has 3 N–H and O–H groups in total. The minimum absolute atomic E-state index is 0.0481. The maximum absolute atomic E-state index is 11.3. The van der Waals surface area contributed by atoms with Crippen LogP contribution in [-0.4, -0.2) is 21.2 Å². The van der Waals surface area contributed by atoms with Crippen molar-refractivity contribution in [3.05, 3.63) is 59.9 Å². The Morgan fingerprint density at radius 2 is 2.16 bits per heavy atom. The molecule has 0 aliphatic rings. The topological polar surface area (TPSA) is 82.5 Å². The van der Waals surface area contributed by atoms with Gasteiger partial charge >= 0.3 is 5.97 Å². The van der Waals surface area contributed by atoms with Crippen LogP contribution >= 0.6 is 0 Å². The van der Waals surface area contributed by atoms with E-state index in [0.717, 1.165) is 5.56 Å². The number of rotatable bonds is 5. The smallest absolute Gasteiger partial charge is 0.325 e. The van der Waals surface area contributed by atoms with E-state index >= 15 is 0 Å². The first kappa shape index (κ1) is 13.0. The number of hydrogen-bond acceptors (Lipinski definition) is 4. The molecule has 2 rings (SSSR count). The van der Waals surface area contributed by atoms with Crippen LogP contribution in [0.5, 0.6) is 5.75 Å². The maximum Gasteiger partial charge on any atom is 0.325 e. The third-order valence-corrected chi connectivity index (χ3v) is 2.68. The van der Waals surface area contributed by atoms with Crippen molar-refractivity contribution < 1.29 is 15.0 Å². The number of benzene rings is 1. The number of phenols is 1. The van der Waals surface area contributed by atoms with Crippen LogP contribution in [0.15, 0.2) is 48.8 Å². The van der Waals surface area contributed by atoms with Gasteiger partial charge in [0.1, 0.15) is 11.8 Å². The van der Waals surface area contributed by atoms with E-state index in [1.165, 1.54) is 12.1 Å². The van der Waals surface area contributed by atoms with E-state index in [2.05, 4.69) is 10.3 Å². The molecule has 0 saturated carbocycles. The van der Waals surface area contributed by atoms with Crippen molar-refractivity contribution in [1.29, 1.82) is 0 Å². The van der Waals surface area contributed by atoms with E-state index in [-0.39, 0.29) is 5.75 Å². The number of carbonyl (C=O) groups is 1. The lowest BCUT2D eigenvalue weighted by molar-refractivity contribution is -0.139. The van der Waals surface area contributed by atoms with Crippen molar-refractivity contribution in [3.63, 3.8) is 0 Å². The highest BCUT2D eigenvalue weighted by molar-refractivity contribution is 5.75. The number of nitrogens with zero attached hydrogens (tertiary/aromatic N) is 1. The Morgan fingerprint density at radius 1 is 1.32 bits per heavy atom. The van der Waals surface area contributed by atoms with Crippen LogP contribution in [0.25, 0.3) is 0 Å². The SMILES string of the molecule is O=C(O)C(NCc1cccnc1)c1cccc(O)c1. The molecule has 0 aliphatic carbocycles. The summed E-state index contributed by atoms with van der Waals surface area (Å²) in [4.78, 5) is 15.2. The van der Waals surface area contributed by atoms with Gasteiger partial charge in [-0.3, -0.25) is 15.1 Å². The fraction of sp³-hybridized carbons (Fsp3) is 0.143. The Bertz CT molecular complexity index is 558. The van der Waals surface area contributed by atoms with Gasteiger partial charge in [-0.2, -0.15) is 0 Å². The lowest BCUT2D eigenvalue weighted by Gasteiger charge is -2.15. The van der Waals surface area contributed by atoms with E-state index in [4.69, 9.17) is 0 Å². The minimum atomic E-state index is -0.991. The van der Waals surface area contributed by atoms with Gasteiger partial charge in [0.25, 0.3) is 0 Å². The molecule has 1 aromatic carbocycles. The molecule has 0 aliphatic heterocycles.